The van der Waals surface area contributed by atoms with E-state index in [0.29, 0.717) is 0 Å². The molecule has 2 rings (SSSR count). The van der Waals surface area contributed by atoms with Crippen molar-refractivity contribution in [1.29, 1.82) is 0 Å². The molecule has 16 heavy (non-hydrogen) atoms. The second kappa shape index (κ2) is 4.45. The van der Waals surface area contributed by atoms with Crippen LogP contribution < -0.4 is 5.32 Å². The van der Waals surface area contributed by atoms with Crippen molar-refractivity contribution in [2.45, 2.75) is 25.8 Å². The zero-order valence-corrected chi connectivity index (χ0v) is 10.6. The highest BCUT2D eigenvalue weighted by Crippen LogP contribution is 2.34. The van der Waals surface area contributed by atoms with Crippen LogP contribution in [-0.4, -0.2) is 17.1 Å². The average molecular weight is 284 g/mol. The predicted octanol–water partition coefficient (Wildman–Crippen LogP) is 3.03. The van der Waals surface area contributed by atoms with Gasteiger partial charge in [0, 0.05) is 10.2 Å². The summed E-state index contributed by atoms with van der Waals surface area (Å²) in [5, 5.41) is 12.2. The molecule has 1 atom stereocenters. The monoisotopic (exact) mass is 283 g/mol. The topological polar surface area (TPSA) is 49.3 Å². The molecule has 4 heteroatoms. The minimum atomic E-state index is -0.764. The number of nitrogens with one attached hydrogen (secondary N) is 1. The lowest BCUT2D eigenvalue weighted by molar-refractivity contribution is -0.138. The highest BCUT2D eigenvalue weighted by molar-refractivity contribution is 9.10. The van der Waals surface area contributed by atoms with Gasteiger partial charge in [0.25, 0.3) is 0 Å². The van der Waals surface area contributed by atoms with Gasteiger partial charge in [-0.2, -0.15) is 0 Å². The van der Waals surface area contributed by atoms with Gasteiger partial charge in [-0.1, -0.05) is 15.9 Å². The van der Waals surface area contributed by atoms with Crippen molar-refractivity contribution in [3.8, 4) is 0 Å². The molecule has 0 spiro atoms. The first-order valence-electron chi connectivity index (χ1n) is 5.33. The lowest BCUT2D eigenvalue weighted by Gasteiger charge is -2.15. The number of hydrogen-bond donors (Lipinski definition) is 2. The number of hydrogen-bond acceptors (Lipinski definition) is 2. The molecule has 1 aromatic carbocycles. The number of rotatable bonds is 4. The quantitative estimate of drug-likeness (QED) is 0.893. The molecule has 86 valence electrons. The van der Waals surface area contributed by atoms with Gasteiger partial charge >= 0.3 is 5.97 Å². The van der Waals surface area contributed by atoms with E-state index in [9.17, 15) is 4.79 Å². The summed E-state index contributed by atoms with van der Waals surface area (Å²) in [4.78, 5) is 11.1. The molecule has 0 amide bonds. The maximum Gasteiger partial charge on any atom is 0.326 e. The smallest absolute Gasteiger partial charge is 0.326 e. The number of carbonyl (C=O) groups is 1. The van der Waals surface area contributed by atoms with Crippen LogP contribution in [0.2, 0.25) is 0 Å². The normalized spacial score (nSPS) is 16.9. The highest BCUT2D eigenvalue weighted by atomic mass is 79.9. The Balaban J connectivity index is 2.14. The van der Waals surface area contributed by atoms with Crippen molar-refractivity contribution in [2.24, 2.45) is 5.92 Å². The first kappa shape index (κ1) is 11.5. The molecule has 1 fully saturated rings. The molecule has 0 aliphatic heterocycles. The van der Waals surface area contributed by atoms with Crippen LogP contribution in [0, 0.1) is 12.8 Å². The third kappa shape index (κ3) is 2.76. The molecule has 0 bridgehead atoms. The summed E-state index contributed by atoms with van der Waals surface area (Å²) >= 11 is 3.41. The summed E-state index contributed by atoms with van der Waals surface area (Å²) in [5.74, 6) is -0.475. The lowest BCUT2D eigenvalue weighted by Crippen LogP contribution is -2.31. The van der Waals surface area contributed by atoms with Crippen LogP contribution in [0.5, 0.6) is 0 Å². The first-order valence-corrected chi connectivity index (χ1v) is 6.12. The van der Waals surface area contributed by atoms with E-state index in [0.717, 1.165) is 28.6 Å². The Morgan fingerprint density at radius 1 is 1.50 bits per heavy atom. The third-order valence-electron chi connectivity index (χ3n) is 2.72. The number of carboxylic acids is 1. The number of anilines is 1. The van der Waals surface area contributed by atoms with Crippen molar-refractivity contribution in [2.75, 3.05) is 5.32 Å². The summed E-state index contributed by atoms with van der Waals surface area (Å²) < 4.78 is 0.968. The van der Waals surface area contributed by atoms with Crippen LogP contribution in [-0.2, 0) is 4.79 Å². The van der Waals surface area contributed by atoms with Crippen LogP contribution in [0.25, 0.3) is 0 Å². The molecule has 3 nitrogen and oxygen atoms in total. The Bertz CT molecular complexity index is 395. The minimum Gasteiger partial charge on any atom is -0.480 e. The molecule has 0 aromatic heterocycles. The third-order valence-corrected chi connectivity index (χ3v) is 3.18. The number of aryl methyl sites for hydroxylation is 1. The molecule has 1 aliphatic carbocycles. The number of carboxylic acid groups (broad SMARTS) is 1. The minimum absolute atomic E-state index is 0.289. The van der Waals surface area contributed by atoms with Crippen LogP contribution in [0.3, 0.4) is 0 Å². The van der Waals surface area contributed by atoms with Gasteiger partial charge in [-0.15, -0.1) is 0 Å². The number of aliphatic carboxylic acids is 1. The maximum absolute atomic E-state index is 11.1. The molecule has 1 saturated carbocycles. The highest BCUT2D eigenvalue weighted by Gasteiger charge is 2.36. The fourth-order valence-electron chi connectivity index (χ4n) is 1.81. The second-order valence-electron chi connectivity index (χ2n) is 4.31. The van der Waals surface area contributed by atoms with E-state index in [2.05, 4.69) is 21.2 Å². The van der Waals surface area contributed by atoms with Gasteiger partial charge in [-0.05, 0) is 49.4 Å². The van der Waals surface area contributed by atoms with E-state index < -0.39 is 12.0 Å². The predicted molar refractivity (Wildman–Crippen MR) is 66.6 cm³/mol. The van der Waals surface area contributed by atoms with Gasteiger partial charge in [0.1, 0.15) is 6.04 Å². The Labute approximate surface area is 103 Å². The summed E-state index contributed by atoms with van der Waals surface area (Å²) in [6, 6.07) is 5.42. The standard InChI is InChI=1S/C12H14BrNO2/c1-7-4-9(13)6-10(5-7)14-11(12(15)16)8-2-3-8/h4-6,8,11,14H,2-3H2,1H3,(H,15,16). The van der Waals surface area contributed by atoms with Gasteiger partial charge in [-0.25, -0.2) is 4.79 Å². The largest absolute Gasteiger partial charge is 0.480 e. The summed E-state index contributed by atoms with van der Waals surface area (Å²) in [6.45, 7) is 1.99. The zero-order chi connectivity index (χ0) is 11.7. The molecular weight excluding hydrogens is 270 g/mol. The molecule has 1 aliphatic rings. The van der Waals surface area contributed by atoms with E-state index in [4.69, 9.17) is 5.11 Å². The summed E-state index contributed by atoms with van der Waals surface area (Å²) in [7, 11) is 0. The fourth-order valence-corrected chi connectivity index (χ4v) is 2.42. The van der Waals surface area contributed by atoms with E-state index in [1.165, 1.54) is 0 Å². The molecule has 1 unspecified atom stereocenters. The maximum atomic E-state index is 11.1. The van der Waals surface area contributed by atoms with E-state index >= 15 is 0 Å². The summed E-state index contributed by atoms with van der Waals surface area (Å²) in [6.07, 6.45) is 2.02. The van der Waals surface area contributed by atoms with Gasteiger partial charge in [-0.3, -0.25) is 0 Å². The van der Waals surface area contributed by atoms with Crippen molar-refractivity contribution < 1.29 is 9.90 Å². The van der Waals surface area contributed by atoms with Crippen LogP contribution in [0.15, 0.2) is 22.7 Å². The van der Waals surface area contributed by atoms with Crippen molar-refractivity contribution in [3.63, 3.8) is 0 Å². The molecule has 0 heterocycles. The van der Waals surface area contributed by atoms with Gasteiger partial charge < -0.3 is 10.4 Å². The van der Waals surface area contributed by atoms with Gasteiger partial charge in [0.15, 0.2) is 0 Å². The van der Waals surface area contributed by atoms with Crippen LogP contribution >= 0.6 is 15.9 Å². The summed E-state index contributed by atoms with van der Waals surface area (Å²) in [5.41, 5.74) is 1.97. The van der Waals surface area contributed by atoms with Crippen molar-refractivity contribution >= 4 is 27.6 Å². The van der Waals surface area contributed by atoms with Gasteiger partial charge in [0.05, 0.1) is 0 Å². The fraction of sp³-hybridized carbons (Fsp3) is 0.417. The molecule has 1 aromatic rings. The Morgan fingerprint density at radius 2 is 2.19 bits per heavy atom. The molecular formula is C12H14BrNO2. The van der Waals surface area contributed by atoms with Crippen molar-refractivity contribution in [1.82, 2.24) is 0 Å². The van der Waals surface area contributed by atoms with Gasteiger partial charge in [0.2, 0.25) is 0 Å². The second-order valence-corrected chi connectivity index (χ2v) is 5.23. The Morgan fingerprint density at radius 3 is 2.69 bits per heavy atom. The Kier molecular flexibility index (Phi) is 3.19. The van der Waals surface area contributed by atoms with E-state index in [-0.39, 0.29) is 5.92 Å². The van der Waals surface area contributed by atoms with E-state index in [1.807, 2.05) is 25.1 Å². The zero-order valence-electron chi connectivity index (χ0n) is 9.03. The van der Waals surface area contributed by atoms with Crippen molar-refractivity contribution in [3.05, 3.63) is 28.2 Å². The lowest BCUT2D eigenvalue weighted by atomic mass is 10.1. The van der Waals surface area contributed by atoms with E-state index in [1.54, 1.807) is 0 Å². The SMILES string of the molecule is Cc1cc(Br)cc(NC(C(=O)O)C2CC2)c1. The first-order chi connectivity index (χ1) is 7.56. The van der Waals surface area contributed by atoms with Crippen LogP contribution in [0.1, 0.15) is 18.4 Å². The Hall–Kier alpha value is -1.03. The number of halogens is 1. The number of benzene rings is 1. The molecule has 2 N–H and O–H groups in total. The van der Waals surface area contributed by atoms with Crippen LogP contribution in [0.4, 0.5) is 5.69 Å². The molecule has 0 saturated heterocycles. The molecule has 0 radical (unpaired) electrons. The average Bonchev–Trinajstić information content (AvgIpc) is 2.95.